The Balaban J connectivity index is 1.49. The minimum atomic E-state index is -0.394. The van der Waals surface area contributed by atoms with E-state index in [-0.39, 0.29) is 31.1 Å². The van der Waals surface area contributed by atoms with Crippen LogP contribution in [0.15, 0.2) is 61.2 Å². The molecule has 0 fully saturated rings. The molecule has 3 rings (SSSR count). The summed E-state index contributed by atoms with van der Waals surface area (Å²) in [5.41, 5.74) is 2.72. The summed E-state index contributed by atoms with van der Waals surface area (Å²) in [6.07, 6.45) is 4.99. The van der Waals surface area contributed by atoms with Crippen LogP contribution in [0.5, 0.6) is 0 Å². The van der Waals surface area contributed by atoms with Gasteiger partial charge in [0.1, 0.15) is 5.82 Å². The number of nitrogens with zero attached hydrogens (tertiary/aromatic N) is 2. The lowest BCUT2D eigenvalue weighted by molar-refractivity contribution is -0.121. The predicted octanol–water partition coefficient (Wildman–Crippen LogP) is 3.60. The summed E-state index contributed by atoms with van der Waals surface area (Å²) in [7, 11) is 0. The highest BCUT2D eigenvalue weighted by atomic mass is 19.1. The summed E-state index contributed by atoms with van der Waals surface area (Å²) < 4.78 is 15.8. The summed E-state index contributed by atoms with van der Waals surface area (Å²) in [5, 5.41) is 2.72. The van der Waals surface area contributed by atoms with Crippen molar-refractivity contribution in [1.29, 1.82) is 0 Å². The van der Waals surface area contributed by atoms with Crippen LogP contribution in [-0.2, 0) is 11.3 Å². The molecule has 1 heterocycles. The number of aryl methyl sites for hydroxylation is 1. The van der Waals surface area contributed by atoms with Crippen molar-refractivity contribution in [2.45, 2.75) is 26.3 Å². The zero-order chi connectivity index (χ0) is 19.2. The Kier molecular flexibility index (Phi) is 5.76. The first-order valence-corrected chi connectivity index (χ1v) is 8.66. The van der Waals surface area contributed by atoms with E-state index in [1.807, 2.05) is 19.1 Å². The molecular weight excluding hydrogens is 345 g/mol. The SMILES string of the molecule is Cc1ccc(C(=O)CCC(=O)NCc2ccc(-n3ccnc3)c(F)c2)cc1. The van der Waals surface area contributed by atoms with Gasteiger partial charge in [-0.2, -0.15) is 0 Å². The minimum Gasteiger partial charge on any atom is -0.352 e. The van der Waals surface area contributed by atoms with Crippen molar-refractivity contribution in [1.82, 2.24) is 14.9 Å². The molecule has 0 aliphatic carbocycles. The first-order chi connectivity index (χ1) is 13.0. The fraction of sp³-hybridized carbons (Fsp3) is 0.190. The number of rotatable bonds is 7. The third-order valence-electron chi connectivity index (χ3n) is 4.24. The number of ketones is 1. The van der Waals surface area contributed by atoms with Gasteiger partial charge in [-0.15, -0.1) is 0 Å². The molecule has 138 valence electrons. The lowest BCUT2D eigenvalue weighted by Gasteiger charge is -2.08. The van der Waals surface area contributed by atoms with Crippen molar-refractivity contribution in [3.63, 3.8) is 0 Å². The van der Waals surface area contributed by atoms with Crippen LogP contribution in [-0.4, -0.2) is 21.2 Å². The van der Waals surface area contributed by atoms with Crippen molar-refractivity contribution in [3.05, 3.63) is 83.7 Å². The zero-order valence-electron chi connectivity index (χ0n) is 15.0. The number of benzene rings is 2. The molecule has 2 aromatic carbocycles. The van der Waals surface area contributed by atoms with Gasteiger partial charge in [-0.25, -0.2) is 9.37 Å². The van der Waals surface area contributed by atoms with Crippen molar-refractivity contribution in [3.8, 4) is 5.69 Å². The van der Waals surface area contributed by atoms with E-state index in [4.69, 9.17) is 0 Å². The van der Waals surface area contributed by atoms with Crippen LogP contribution in [0.25, 0.3) is 5.69 Å². The highest BCUT2D eigenvalue weighted by Gasteiger charge is 2.10. The van der Waals surface area contributed by atoms with Gasteiger partial charge in [0.2, 0.25) is 5.91 Å². The van der Waals surface area contributed by atoms with Gasteiger partial charge in [-0.05, 0) is 24.6 Å². The van der Waals surface area contributed by atoms with E-state index in [0.29, 0.717) is 16.8 Å². The van der Waals surface area contributed by atoms with E-state index >= 15 is 0 Å². The molecule has 3 aromatic rings. The number of Topliss-reactive ketones (excluding diaryl/α,β-unsaturated/α-hetero) is 1. The summed E-state index contributed by atoms with van der Waals surface area (Å²) in [6, 6.07) is 12.0. The van der Waals surface area contributed by atoms with Gasteiger partial charge >= 0.3 is 0 Å². The lowest BCUT2D eigenvalue weighted by Crippen LogP contribution is -2.23. The Bertz CT molecular complexity index is 935. The van der Waals surface area contributed by atoms with E-state index in [2.05, 4.69) is 10.3 Å². The van der Waals surface area contributed by atoms with Crippen molar-refractivity contribution < 1.29 is 14.0 Å². The molecule has 0 spiro atoms. The second kappa shape index (κ2) is 8.40. The van der Waals surface area contributed by atoms with Crippen LogP contribution in [0.3, 0.4) is 0 Å². The van der Waals surface area contributed by atoms with Crippen molar-refractivity contribution in [2.75, 3.05) is 0 Å². The predicted molar refractivity (Wildman–Crippen MR) is 100 cm³/mol. The molecule has 6 heteroatoms. The molecule has 1 aromatic heterocycles. The molecule has 0 saturated heterocycles. The number of carbonyl (C=O) groups excluding carboxylic acids is 2. The monoisotopic (exact) mass is 365 g/mol. The number of hydrogen-bond acceptors (Lipinski definition) is 3. The van der Waals surface area contributed by atoms with Crippen molar-refractivity contribution >= 4 is 11.7 Å². The Hall–Kier alpha value is -3.28. The second-order valence-electron chi connectivity index (χ2n) is 6.32. The largest absolute Gasteiger partial charge is 0.352 e. The Morgan fingerprint density at radius 1 is 1.11 bits per heavy atom. The van der Waals surface area contributed by atoms with Crippen LogP contribution in [0.2, 0.25) is 0 Å². The number of amides is 1. The molecule has 0 atom stereocenters. The summed E-state index contributed by atoms with van der Waals surface area (Å²) in [5.74, 6) is -0.704. The van der Waals surface area contributed by atoms with Gasteiger partial charge < -0.3 is 9.88 Å². The van der Waals surface area contributed by atoms with E-state index in [9.17, 15) is 14.0 Å². The van der Waals surface area contributed by atoms with E-state index < -0.39 is 5.82 Å². The lowest BCUT2D eigenvalue weighted by atomic mass is 10.0. The van der Waals surface area contributed by atoms with Gasteiger partial charge in [-0.1, -0.05) is 35.9 Å². The fourth-order valence-corrected chi connectivity index (χ4v) is 2.67. The van der Waals surface area contributed by atoms with E-state index in [1.54, 1.807) is 41.2 Å². The Morgan fingerprint density at radius 2 is 1.89 bits per heavy atom. The molecule has 0 bridgehead atoms. The molecular formula is C21H20FN3O2. The van der Waals surface area contributed by atoms with Crippen LogP contribution >= 0.6 is 0 Å². The minimum absolute atomic E-state index is 0.0686. The molecule has 27 heavy (non-hydrogen) atoms. The molecule has 1 N–H and O–H groups in total. The normalized spacial score (nSPS) is 10.6. The summed E-state index contributed by atoms with van der Waals surface area (Å²) in [6.45, 7) is 2.16. The third-order valence-corrected chi connectivity index (χ3v) is 4.24. The van der Waals surface area contributed by atoms with Crippen molar-refractivity contribution in [2.24, 2.45) is 0 Å². The van der Waals surface area contributed by atoms with Crippen LogP contribution in [0, 0.1) is 12.7 Å². The number of nitrogens with one attached hydrogen (secondary N) is 1. The second-order valence-corrected chi connectivity index (χ2v) is 6.32. The van der Waals surface area contributed by atoms with Gasteiger partial charge in [0, 0.05) is 37.3 Å². The molecule has 5 nitrogen and oxygen atoms in total. The average Bonchev–Trinajstić information content (AvgIpc) is 3.19. The highest BCUT2D eigenvalue weighted by Crippen LogP contribution is 2.15. The third kappa shape index (κ3) is 4.88. The maximum absolute atomic E-state index is 14.2. The van der Waals surface area contributed by atoms with Gasteiger partial charge in [0.05, 0.1) is 12.0 Å². The maximum Gasteiger partial charge on any atom is 0.220 e. The van der Waals surface area contributed by atoms with Crippen LogP contribution in [0.1, 0.15) is 34.3 Å². The number of carbonyl (C=O) groups is 2. The molecule has 0 aliphatic rings. The Morgan fingerprint density at radius 3 is 2.56 bits per heavy atom. The van der Waals surface area contributed by atoms with Crippen LogP contribution in [0.4, 0.5) is 4.39 Å². The maximum atomic E-state index is 14.2. The number of imidazole rings is 1. The molecule has 0 aliphatic heterocycles. The molecule has 0 saturated carbocycles. The standard InChI is InChI=1S/C21H20FN3O2/c1-15-2-5-17(6-3-15)20(26)8-9-21(27)24-13-16-4-7-19(18(22)12-16)25-11-10-23-14-25/h2-7,10-12,14H,8-9,13H2,1H3,(H,24,27). The van der Waals surface area contributed by atoms with E-state index in [0.717, 1.165) is 5.56 Å². The molecule has 0 unspecified atom stereocenters. The summed E-state index contributed by atoms with van der Waals surface area (Å²) in [4.78, 5) is 28.0. The van der Waals surface area contributed by atoms with E-state index in [1.165, 1.54) is 12.4 Å². The first-order valence-electron chi connectivity index (χ1n) is 8.66. The molecule has 1 amide bonds. The first kappa shape index (κ1) is 18.5. The summed E-state index contributed by atoms with van der Waals surface area (Å²) >= 11 is 0. The smallest absolute Gasteiger partial charge is 0.220 e. The number of halogens is 1. The zero-order valence-corrected chi connectivity index (χ0v) is 15.0. The number of aromatic nitrogens is 2. The molecule has 0 radical (unpaired) electrons. The average molecular weight is 365 g/mol. The van der Waals surface area contributed by atoms with Gasteiger partial charge in [-0.3, -0.25) is 9.59 Å². The quantitative estimate of drug-likeness (QED) is 0.651. The van der Waals surface area contributed by atoms with Gasteiger partial charge in [0.15, 0.2) is 5.78 Å². The van der Waals surface area contributed by atoms with Crippen LogP contribution < -0.4 is 5.32 Å². The number of hydrogen-bond donors (Lipinski definition) is 1. The topological polar surface area (TPSA) is 64.0 Å². The highest BCUT2D eigenvalue weighted by molar-refractivity contribution is 5.97. The van der Waals surface area contributed by atoms with Gasteiger partial charge in [0.25, 0.3) is 0 Å². The Labute approximate surface area is 156 Å². The fourth-order valence-electron chi connectivity index (χ4n) is 2.67.